The van der Waals surface area contributed by atoms with E-state index in [1.54, 1.807) is 23.9 Å². The number of carbonyl (C=O) groups excluding carboxylic acids is 1. The average Bonchev–Trinajstić information content (AvgIpc) is 2.49. The fourth-order valence-electron chi connectivity index (χ4n) is 1.97. The molecule has 1 amide bonds. The van der Waals surface area contributed by atoms with E-state index in [-0.39, 0.29) is 11.7 Å². The normalized spacial score (nSPS) is 10.3. The molecular formula is C17H19FN2OS. The molecule has 0 heterocycles. The van der Waals surface area contributed by atoms with Crippen molar-refractivity contribution < 1.29 is 9.18 Å². The summed E-state index contributed by atoms with van der Waals surface area (Å²) < 4.78 is 12.8. The van der Waals surface area contributed by atoms with Crippen molar-refractivity contribution >= 4 is 29.0 Å². The van der Waals surface area contributed by atoms with Gasteiger partial charge < -0.3 is 10.2 Å². The molecule has 22 heavy (non-hydrogen) atoms. The van der Waals surface area contributed by atoms with Crippen molar-refractivity contribution in [2.45, 2.75) is 11.3 Å². The first-order valence-corrected chi connectivity index (χ1v) is 7.99. The number of para-hydroxylation sites is 2. The van der Waals surface area contributed by atoms with Gasteiger partial charge in [0.2, 0.25) is 5.91 Å². The van der Waals surface area contributed by atoms with Gasteiger partial charge in [0.05, 0.1) is 11.4 Å². The SMILES string of the molecule is CN(C)c1ccccc1NC(=O)CCSc1ccc(F)cc1. The first kappa shape index (κ1) is 16.4. The van der Waals surface area contributed by atoms with Gasteiger partial charge in [-0.3, -0.25) is 4.79 Å². The van der Waals surface area contributed by atoms with Crippen LogP contribution < -0.4 is 10.2 Å². The molecule has 0 radical (unpaired) electrons. The highest BCUT2D eigenvalue weighted by Crippen LogP contribution is 2.24. The van der Waals surface area contributed by atoms with Crippen LogP contribution in [0.1, 0.15) is 6.42 Å². The van der Waals surface area contributed by atoms with E-state index in [4.69, 9.17) is 0 Å². The predicted octanol–water partition coefficient (Wildman–Crippen LogP) is 4.01. The first-order chi connectivity index (χ1) is 10.6. The number of nitrogens with zero attached hydrogens (tertiary/aromatic N) is 1. The molecule has 2 aromatic carbocycles. The second-order valence-electron chi connectivity index (χ2n) is 5.01. The summed E-state index contributed by atoms with van der Waals surface area (Å²) in [5.74, 6) is 0.382. The Morgan fingerprint density at radius 1 is 1.14 bits per heavy atom. The number of hydrogen-bond acceptors (Lipinski definition) is 3. The molecule has 0 aromatic heterocycles. The third kappa shape index (κ3) is 4.77. The van der Waals surface area contributed by atoms with Crippen LogP contribution in [0.3, 0.4) is 0 Å². The maximum atomic E-state index is 12.8. The summed E-state index contributed by atoms with van der Waals surface area (Å²) in [5, 5.41) is 2.93. The average molecular weight is 318 g/mol. The molecule has 0 aliphatic heterocycles. The van der Waals surface area contributed by atoms with E-state index in [1.807, 2.05) is 43.3 Å². The van der Waals surface area contributed by atoms with E-state index >= 15 is 0 Å². The number of anilines is 2. The van der Waals surface area contributed by atoms with Crippen molar-refractivity contribution in [3.05, 3.63) is 54.3 Å². The molecule has 0 saturated carbocycles. The minimum atomic E-state index is -0.248. The molecule has 1 N–H and O–H groups in total. The summed E-state index contributed by atoms with van der Waals surface area (Å²) in [6, 6.07) is 14.0. The Morgan fingerprint density at radius 2 is 1.82 bits per heavy atom. The molecule has 2 aromatic rings. The van der Waals surface area contributed by atoms with Crippen LogP contribution in [-0.2, 0) is 4.79 Å². The van der Waals surface area contributed by atoms with Gasteiger partial charge in [-0.2, -0.15) is 0 Å². The van der Waals surface area contributed by atoms with Crippen LogP contribution in [0, 0.1) is 5.82 Å². The fraction of sp³-hybridized carbons (Fsp3) is 0.235. The quantitative estimate of drug-likeness (QED) is 0.817. The second-order valence-corrected chi connectivity index (χ2v) is 6.18. The monoisotopic (exact) mass is 318 g/mol. The van der Waals surface area contributed by atoms with Crippen LogP contribution in [0.25, 0.3) is 0 Å². The van der Waals surface area contributed by atoms with Crippen LogP contribution in [0.2, 0.25) is 0 Å². The Labute approximate surface area is 134 Å². The molecule has 3 nitrogen and oxygen atoms in total. The molecule has 0 atom stereocenters. The zero-order valence-electron chi connectivity index (χ0n) is 12.7. The van der Waals surface area contributed by atoms with Gasteiger partial charge in [-0.05, 0) is 36.4 Å². The summed E-state index contributed by atoms with van der Waals surface area (Å²) in [6.07, 6.45) is 0.407. The van der Waals surface area contributed by atoms with Gasteiger partial charge in [-0.1, -0.05) is 12.1 Å². The molecule has 5 heteroatoms. The lowest BCUT2D eigenvalue weighted by Crippen LogP contribution is -2.16. The standard InChI is InChI=1S/C17H19FN2OS/c1-20(2)16-6-4-3-5-15(16)19-17(21)11-12-22-14-9-7-13(18)8-10-14/h3-10H,11-12H2,1-2H3,(H,19,21). The van der Waals surface area contributed by atoms with Crippen molar-refractivity contribution in [3.63, 3.8) is 0 Å². The van der Waals surface area contributed by atoms with E-state index in [2.05, 4.69) is 5.32 Å². The zero-order valence-corrected chi connectivity index (χ0v) is 13.5. The summed E-state index contributed by atoms with van der Waals surface area (Å²) in [6.45, 7) is 0. The minimum Gasteiger partial charge on any atom is -0.376 e. The van der Waals surface area contributed by atoms with E-state index in [9.17, 15) is 9.18 Å². The molecule has 116 valence electrons. The van der Waals surface area contributed by atoms with Gasteiger partial charge in [-0.25, -0.2) is 4.39 Å². The van der Waals surface area contributed by atoms with Crippen LogP contribution in [0.4, 0.5) is 15.8 Å². The summed E-state index contributed by atoms with van der Waals surface area (Å²) in [5.41, 5.74) is 1.78. The molecule has 0 bridgehead atoms. The maximum absolute atomic E-state index is 12.8. The lowest BCUT2D eigenvalue weighted by atomic mass is 10.2. The molecule has 0 spiro atoms. The first-order valence-electron chi connectivity index (χ1n) is 7.01. The van der Waals surface area contributed by atoms with E-state index < -0.39 is 0 Å². The number of carbonyl (C=O) groups is 1. The molecule has 2 rings (SSSR count). The number of amides is 1. The Morgan fingerprint density at radius 3 is 2.50 bits per heavy atom. The largest absolute Gasteiger partial charge is 0.376 e. The lowest BCUT2D eigenvalue weighted by Gasteiger charge is -2.17. The number of benzene rings is 2. The van der Waals surface area contributed by atoms with Gasteiger partial charge in [0.25, 0.3) is 0 Å². The Hall–Kier alpha value is -2.01. The minimum absolute atomic E-state index is 0.0242. The van der Waals surface area contributed by atoms with Gasteiger partial charge in [-0.15, -0.1) is 11.8 Å². The van der Waals surface area contributed by atoms with E-state index in [0.717, 1.165) is 16.3 Å². The van der Waals surface area contributed by atoms with Gasteiger partial charge >= 0.3 is 0 Å². The highest BCUT2D eigenvalue weighted by Gasteiger charge is 2.08. The number of rotatable bonds is 6. The summed E-state index contributed by atoms with van der Waals surface area (Å²) in [4.78, 5) is 15.0. The van der Waals surface area contributed by atoms with Crippen molar-refractivity contribution in [2.24, 2.45) is 0 Å². The Balaban J connectivity index is 1.84. The van der Waals surface area contributed by atoms with Crippen molar-refractivity contribution in [3.8, 4) is 0 Å². The Bertz CT molecular complexity index is 629. The Kier molecular flexibility index (Phi) is 5.83. The second kappa shape index (κ2) is 7.84. The summed E-state index contributed by atoms with van der Waals surface area (Å²) in [7, 11) is 3.88. The molecule has 0 unspecified atom stereocenters. The molecule has 0 aliphatic carbocycles. The molecule has 0 fully saturated rings. The van der Waals surface area contributed by atoms with Gasteiger partial charge in [0.1, 0.15) is 5.82 Å². The van der Waals surface area contributed by atoms with Crippen LogP contribution in [-0.4, -0.2) is 25.8 Å². The highest BCUT2D eigenvalue weighted by molar-refractivity contribution is 7.99. The van der Waals surface area contributed by atoms with Crippen molar-refractivity contribution in [1.29, 1.82) is 0 Å². The molecule has 0 saturated heterocycles. The summed E-state index contributed by atoms with van der Waals surface area (Å²) >= 11 is 1.54. The van der Waals surface area contributed by atoms with Crippen LogP contribution in [0.15, 0.2) is 53.4 Å². The van der Waals surface area contributed by atoms with Crippen LogP contribution >= 0.6 is 11.8 Å². The number of thioether (sulfide) groups is 1. The molecular weight excluding hydrogens is 299 g/mol. The predicted molar refractivity (Wildman–Crippen MR) is 91.1 cm³/mol. The number of hydrogen-bond donors (Lipinski definition) is 1. The topological polar surface area (TPSA) is 32.3 Å². The van der Waals surface area contributed by atoms with Crippen LogP contribution in [0.5, 0.6) is 0 Å². The van der Waals surface area contributed by atoms with Crippen molar-refractivity contribution in [1.82, 2.24) is 0 Å². The van der Waals surface area contributed by atoms with Gasteiger partial charge in [0, 0.05) is 31.2 Å². The fourth-order valence-corrected chi connectivity index (χ4v) is 2.83. The smallest absolute Gasteiger partial charge is 0.225 e. The maximum Gasteiger partial charge on any atom is 0.225 e. The third-order valence-corrected chi connectivity index (χ3v) is 4.09. The van der Waals surface area contributed by atoms with E-state index in [1.165, 1.54) is 12.1 Å². The number of nitrogens with one attached hydrogen (secondary N) is 1. The zero-order chi connectivity index (χ0) is 15.9. The molecule has 0 aliphatic rings. The number of halogens is 1. The van der Waals surface area contributed by atoms with Crippen molar-refractivity contribution in [2.75, 3.05) is 30.1 Å². The third-order valence-electron chi connectivity index (χ3n) is 3.07. The van der Waals surface area contributed by atoms with E-state index in [0.29, 0.717) is 12.2 Å². The lowest BCUT2D eigenvalue weighted by molar-refractivity contribution is -0.115. The highest BCUT2D eigenvalue weighted by atomic mass is 32.2. The van der Waals surface area contributed by atoms with Gasteiger partial charge in [0.15, 0.2) is 0 Å².